The Bertz CT molecular complexity index is 388. The Kier molecular flexibility index (Phi) is 6.47. The van der Waals surface area contributed by atoms with Crippen molar-refractivity contribution in [2.45, 2.75) is 20.4 Å². The van der Waals surface area contributed by atoms with E-state index in [0.717, 1.165) is 30.0 Å². The molecule has 0 aliphatic rings. The molecule has 0 fully saturated rings. The Hall–Kier alpha value is -1.32. The summed E-state index contributed by atoms with van der Waals surface area (Å²) in [6, 6.07) is 6.22. The highest BCUT2D eigenvalue weighted by Crippen LogP contribution is 2.18. The van der Waals surface area contributed by atoms with E-state index in [4.69, 9.17) is 9.47 Å². The molecule has 0 amide bonds. The van der Waals surface area contributed by atoms with Crippen molar-refractivity contribution < 1.29 is 9.47 Å². The zero-order valence-corrected chi connectivity index (χ0v) is 11.6. The number of nitrogens with one attached hydrogen (secondary N) is 1. The van der Waals surface area contributed by atoms with Crippen LogP contribution in [-0.4, -0.2) is 26.9 Å². The van der Waals surface area contributed by atoms with Gasteiger partial charge in [-0.25, -0.2) is 0 Å². The second-order valence-electron chi connectivity index (χ2n) is 4.49. The van der Waals surface area contributed by atoms with Gasteiger partial charge in [-0.05, 0) is 31.0 Å². The minimum absolute atomic E-state index is 0.642. The molecule has 0 aromatic heterocycles. The summed E-state index contributed by atoms with van der Waals surface area (Å²) in [4.78, 5) is 0. The molecule has 1 aromatic carbocycles. The van der Waals surface area contributed by atoms with E-state index >= 15 is 0 Å². The van der Waals surface area contributed by atoms with E-state index in [2.05, 4.69) is 31.0 Å². The van der Waals surface area contributed by atoms with Gasteiger partial charge in [0.15, 0.2) is 0 Å². The molecule has 0 heterocycles. The van der Waals surface area contributed by atoms with E-state index in [1.54, 1.807) is 7.11 Å². The molecule has 3 nitrogen and oxygen atoms in total. The molecule has 0 aliphatic heterocycles. The second kappa shape index (κ2) is 7.90. The Labute approximate surface area is 110 Å². The maximum Gasteiger partial charge on any atom is 0.121 e. The number of benzene rings is 1. The molecule has 0 unspecified atom stereocenters. The lowest BCUT2D eigenvalue weighted by molar-refractivity contribution is 0.158. The molecule has 18 heavy (non-hydrogen) atoms. The van der Waals surface area contributed by atoms with Crippen molar-refractivity contribution in [1.29, 1.82) is 0 Å². The summed E-state index contributed by atoms with van der Waals surface area (Å²) < 4.78 is 10.6. The van der Waals surface area contributed by atoms with Gasteiger partial charge in [-0.3, -0.25) is 0 Å². The van der Waals surface area contributed by atoms with E-state index in [-0.39, 0.29) is 0 Å². The molecule has 0 saturated carbocycles. The smallest absolute Gasteiger partial charge is 0.121 e. The molecule has 0 bridgehead atoms. The second-order valence-corrected chi connectivity index (χ2v) is 4.49. The van der Waals surface area contributed by atoms with Gasteiger partial charge < -0.3 is 14.8 Å². The predicted molar refractivity (Wildman–Crippen MR) is 75.1 cm³/mol. The number of hydrogen-bond donors (Lipinski definition) is 1. The third-order valence-electron chi connectivity index (χ3n) is 2.56. The summed E-state index contributed by atoms with van der Waals surface area (Å²) in [5.74, 6) is 0.934. The first-order valence-corrected chi connectivity index (χ1v) is 6.20. The van der Waals surface area contributed by atoms with Crippen molar-refractivity contribution in [2.75, 3.05) is 26.9 Å². The van der Waals surface area contributed by atoms with Gasteiger partial charge in [0, 0.05) is 13.1 Å². The fourth-order valence-electron chi connectivity index (χ4n) is 1.67. The number of hydrogen-bond acceptors (Lipinski definition) is 3. The van der Waals surface area contributed by atoms with E-state index in [0.29, 0.717) is 13.2 Å². The van der Waals surface area contributed by atoms with Crippen molar-refractivity contribution >= 4 is 0 Å². The largest absolute Gasteiger partial charge is 0.496 e. The highest BCUT2D eigenvalue weighted by molar-refractivity contribution is 5.36. The molecule has 0 atom stereocenters. The maximum absolute atomic E-state index is 5.41. The standard InChI is InChI=1S/C15H23NO2/c1-12(2)11-18-8-7-16-10-14-5-6-15(17-4)13(3)9-14/h5-6,9,16H,1,7-8,10-11H2,2-4H3. The lowest BCUT2D eigenvalue weighted by Crippen LogP contribution is -2.19. The topological polar surface area (TPSA) is 30.5 Å². The van der Waals surface area contributed by atoms with Crippen LogP contribution in [0.3, 0.4) is 0 Å². The normalized spacial score (nSPS) is 10.4. The molecule has 1 rings (SSSR count). The zero-order chi connectivity index (χ0) is 13.4. The summed E-state index contributed by atoms with van der Waals surface area (Å²) >= 11 is 0. The minimum atomic E-state index is 0.642. The molecule has 0 aliphatic carbocycles. The van der Waals surface area contributed by atoms with E-state index in [9.17, 15) is 0 Å². The van der Waals surface area contributed by atoms with Gasteiger partial charge in [-0.1, -0.05) is 24.3 Å². The van der Waals surface area contributed by atoms with Crippen molar-refractivity contribution in [3.05, 3.63) is 41.5 Å². The zero-order valence-electron chi connectivity index (χ0n) is 11.6. The molecular formula is C15H23NO2. The highest BCUT2D eigenvalue weighted by atomic mass is 16.5. The number of methoxy groups -OCH3 is 1. The summed E-state index contributed by atoms with van der Waals surface area (Å²) in [5, 5.41) is 3.34. The van der Waals surface area contributed by atoms with Crippen LogP contribution in [0.4, 0.5) is 0 Å². The molecule has 0 spiro atoms. The number of rotatable bonds is 8. The van der Waals surface area contributed by atoms with Gasteiger partial charge in [0.25, 0.3) is 0 Å². The molecule has 100 valence electrons. The third-order valence-corrected chi connectivity index (χ3v) is 2.56. The van der Waals surface area contributed by atoms with Gasteiger partial charge in [0.05, 0.1) is 20.3 Å². The summed E-state index contributed by atoms with van der Waals surface area (Å²) in [7, 11) is 1.69. The highest BCUT2D eigenvalue weighted by Gasteiger charge is 1.99. The van der Waals surface area contributed by atoms with Gasteiger partial charge in [-0.15, -0.1) is 0 Å². The minimum Gasteiger partial charge on any atom is -0.496 e. The van der Waals surface area contributed by atoms with Crippen molar-refractivity contribution in [1.82, 2.24) is 5.32 Å². The average Bonchev–Trinajstić information content (AvgIpc) is 2.33. The van der Waals surface area contributed by atoms with E-state index < -0.39 is 0 Å². The van der Waals surface area contributed by atoms with Crippen LogP contribution < -0.4 is 10.1 Å². The summed E-state index contributed by atoms with van der Waals surface area (Å²) in [6.07, 6.45) is 0. The van der Waals surface area contributed by atoms with Gasteiger partial charge in [0.1, 0.15) is 5.75 Å². The Balaban J connectivity index is 2.23. The van der Waals surface area contributed by atoms with Crippen LogP contribution in [-0.2, 0) is 11.3 Å². The van der Waals surface area contributed by atoms with Gasteiger partial charge in [0.2, 0.25) is 0 Å². The van der Waals surface area contributed by atoms with Crippen LogP contribution in [0.2, 0.25) is 0 Å². The van der Waals surface area contributed by atoms with Crippen LogP contribution in [0.15, 0.2) is 30.4 Å². The van der Waals surface area contributed by atoms with Crippen LogP contribution in [0.25, 0.3) is 0 Å². The molecule has 0 radical (unpaired) electrons. The monoisotopic (exact) mass is 249 g/mol. The van der Waals surface area contributed by atoms with Crippen molar-refractivity contribution in [3.8, 4) is 5.75 Å². The first-order chi connectivity index (χ1) is 8.63. The predicted octanol–water partition coefficient (Wildman–Crippen LogP) is 2.69. The lowest BCUT2D eigenvalue weighted by Gasteiger charge is -2.09. The fraction of sp³-hybridized carbons (Fsp3) is 0.467. The SMILES string of the molecule is C=C(C)COCCNCc1ccc(OC)c(C)c1. The van der Waals surface area contributed by atoms with Gasteiger partial charge >= 0.3 is 0 Å². The molecule has 1 aromatic rings. The van der Waals surface area contributed by atoms with E-state index in [1.807, 2.05) is 13.0 Å². The maximum atomic E-state index is 5.41. The van der Waals surface area contributed by atoms with Gasteiger partial charge in [-0.2, -0.15) is 0 Å². The van der Waals surface area contributed by atoms with Crippen LogP contribution in [0, 0.1) is 6.92 Å². The summed E-state index contributed by atoms with van der Waals surface area (Å²) in [5.41, 5.74) is 3.48. The van der Waals surface area contributed by atoms with Crippen LogP contribution >= 0.6 is 0 Å². The molecule has 3 heteroatoms. The lowest BCUT2D eigenvalue weighted by atomic mass is 10.1. The number of ether oxygens (including phenoxy) is 2. The Morgan fingerprint density at radius 1 is 1.39 bits per heavy atom. The molecular weight excluding hydrogens is 226 g/mol. The van der Waals surface area contributed by atoms with Crippen LogP contribution in [0.1, 0.15) is 18.1 Å². The molecule has 0 saturated heterocycles. The first kappa shape index (κ1) is 14.7. The van der Waals surface area contributed by atoms with Crippen molar-refractivity contribution in [2.24, 2.45) is 0 Å². The third kappa shape index (κ3) is 5.34. The molecule has 1 N–H and O–H groups in total. The first-order valence-electron chi connectivity index (χ1n) is 6.20. The number of aryl methyl sites for hydroxylation is 1. The fourth-order valence-corrected chi connectivity index (χ4v) is 1.67. The van der Waals surface area contributed by atoms with Crippen molar-refractivity contribution in [3.63, 3.8) is 0 Å². The quantitative estimate of drug-likeness (QED) is 0.567. The summed E-state index contributed by atoms with van der Waals surface area (Å²) in [6.45, 7) is 10.9. The average molecular weight is 249 g/mol. The van der Waals surface area contributed by atoms with E-state index in [1.165, 1.54) is 5.56 Å². The van der Waals surface area contributed by atoms with Crippen LogP contribution in [0.5, 0.6) is 5.75 Å². The Morgan fingerprint density at radius 2 is 2.17 bits per heavy atom. The Morgan fingerprint density at radius 3 is 2.78 bits per heavy atom.